The summed E-state index contributed by atoms with van der Waals surface area (Å²) in [4.78, 5) is 48.5. The maximum absolute atomic E-state index is 12.8. The van der Waals surface area contributed by atoms with Crippen molar-refractivity contribution in [2.75, 3.05) is 20.7 Å². The van der Waals surface area contributed by atoms with Gasteiger partial charge >= 0.3 is 5.97 Å². The summed E-state index contributed by atoms with van der Waals surface area (Å²) < 4.78 is 5.00. The molecule has 0 aliphatic carbocycles. The van der Waals surface area contributed by atoms with Gasteiger partial charge in [-0.1, -0.05) is 18.2 Å². The van der Waals surface area contributed by atoms with E-state index < -0.39 is 29.3 Å². The molecule has 0 saturated heterocycles. The highest BCUT2D eigenvalue weighted by atomic mass is 17.2. The Labute approximate surface area is 174 Å². The van der Waals surface area contributed by atoms with Crippen LogP contribution in [-0.4, -0.2) is 50.0 Å². The Kier molecular flexibility index (Phi) is 6.02. The highest BCUT2D eigenvalue weighted by Crippen LogP contribution is 2.53. The summed E-state index contributed by atoms with van der Waals surface area (Å²) in [5, 5.41) is 15.8. The van der Waals surface area contributed by atoms with Gasteiger partial charge in [0.1, 0.15) is 6.61 Å². The summed E-state index contributed by atoms with van der Waals surface area (Å²) in [6.07, 6.45) is 0.667. The summed E-state index contributed by atoms with van der Waals surface area (Å²) in [5.41, 5.74) is 0.365. The van der Waals surface area contributed by atoms with Crippen molar-refractivity contribution in [3.63, 3.8) is 0 Å². The number of rotatable bonds is 7. The summed E-state index contributed by atoms with van der Waals surface area (Å²) >= 11 is 0. The molecule has 9 nitrogen and oxygen atoms in total. The van der Waals surface area contributed by atoms with E-state index in [0.29, 0.717) is 23.4 Å². The van der Waals surface area contributed by atoms with Gasteiger partial charge in [0.2, 0.25) is 6.41 Å². The summed E-state index contributed by atoms with van der Waals surface area (Å²) in [6.45, 7) is 3.79. The number of carboxylic acids is 1. The zero-order valence-electron chi connectivity index (χ0n) is 17.4. The Morgan fingerprint density at radius 1 is 1.43 bits per heavy atom. The number of carboxylic acid groups (broad SMARTS) is 1. The number of hydrogen-bond acceptors (Lipinski definition) is 8. The van der Waals surface area contributed by atoms with E-state index in [9.17, 15) is 19.5 Å². The van der Waals surface area contributed by atoms with Crippen LogP contribution < -0.4 is 15.3 Å². The Bertz CT molecular complexity index is 897. The fraction of sp³-hybridized carbons (Fsp3) is 0.476. The first-order chi connectivity index (χ1) is 14.3. The van der Waals surface area contributed by atoms with Gasteiger partial charge in [0.15, 0.2) is 5.75 Å². The van der Waals surface area contributed by atoms with Crippen molar-refractivity contribution in [2.45, 2.75) is 38.8 Å². The molecule has 3 rings (SSSR count). The van der Waals surface area contributed by atoms with Crippen LogP contribution >= 0.6 is 0 Å². The molecule has 3 unspecified atom stereocenters. The Hall–Kier alpha value is -3.07. The molecule has 1 amide bonds. The second-order valence-electron chi connectivity index (χ2n) is 7.67. The van der Waals surface area contributed by atoms with Gasteiger partial charge < -0.3 is 29.7 Å². The molecule has 0 bridgehead atoms. The number of methoxy groups -OCH3 is 1. The van der Waals surface area contributed by atoms with Crippen LogP contribution in [0, 0.1) is 5.41 Å². The van der Waals surface area contributed by atoms with Crippen LogP contribution in [0.3, 0.4) is 0 Å². The SMILES string of the molecule is COC(=O)C1=C(C)NC(C)C(CCN(C)C=O)(C(=O)[O-])C1c1cccc2c1OOC2. The number of benzene rings is 1. The minimum Gasteiger partial charge on any atom is -0.549 e. The zero-order valence-corrected chi connectivity index (χ0v) is 17.4. The minimum atomic E-state index is -1.57. The van der Waals surface area contributed by atoms with Gasteiger partial charge in [-0.25, -0.2) is 4.79 Å². The van der Waals surface area contributed by atoms with Gasteiger partial charge in [0, 0.05) is 47.8 Å². The van der Waals surface area contributed by atoms with Gasteiger partial charge in [0.25, 0.3) is 0 Å². The molecule has 0 aromatic heterocycles. The summed E-state index contributed by atoms with van der Waals surface area (Å²) in [5.74, 6) is -2.54. The van der Waals surface area contributed by atoms with Crippen LogP contribution in [0.5, 0.6) is 5.75 Å². The van der Waals surface area contributed by atoms with Crippen molar-refractivity contribution in [3.8, 4) is 5.75 Å². The number of allylic oxidation sites excluding steroid dienone is 1. The molecular weight excluding hydrogens is 392 g/mol. The molecule has 1 aromatic rings. The van der Waals surface area contributed by atoms with E-state index in [-0.39, 0.29) is 25.1 Å². The maximum atomic E-state index is 12.8. The lowest BCUT2D eigenvalue weighted by atomic mass is 9.60. The Balaban J connectivity index is 2.28. The highest BCUT2D eigenvalue weighted by molar-refractivity contribution is 5.94. The van der Waals surface area contributed by atoms with Crippen LogP contribution in [0.4, 0.5) is 0 Å². The molecule has 30 heavy (non-hydrogen) atoms. The number of para-hydroxylation sites is 1. The lowest BCUT2D eigenvalue weighted by Crippen LogP contribution is -2.61. The molecule has 2 aliphatic heterocycles. The van der Waals surface area contributed by atoms with Gasteiger partial charge in [0.05, 0.1) is 18.7 Å². The molecular formula is C21H25N2O7-. The second kappa shape index (κ2) is 8.35. The van der Waals surface area contributed by atoms with Crippen molar-refractivity contribution in [1.29, 1.82) is 0 Å². The Morgan fingerprint density at radius 2 is 2.17 bits per heavy atom. The van der Waals surface area contributed by atoms with Crippen LogP contribution in [0.15, 0.2) is 29.5 Å². The number of ether oxygens (including phenoxy) is 1. The quantitative estimate of drug-likeness (QED) is 0.381. The van der Waals surface area contributed by atoms with Crippen molar-refractivity contribution in [3.05, 3.63) is 40.6 Å². The third kappa shape index (κ3) is 3.39. The molecule has 0 saturated carbocycles. The highest BCUT2D eigenvalue weighted by Gasteiger charge is 2.53. The monoisotopic (exact) mass is 417 g/mol. The van der Waals surface area contributed by atoms with Gasteiger partial charge in [-0.2, -0.15) is 4.89 Å². The van der Waals surface area contributed by atoms with Crippen LogP contribution in [0.1, 0.15) is 37.3 Å². The van der Waals surface area contributed by atoms with E-state index in [1.807, 2.05) is 6.07 Å². The molecule has 0 spiro atoms. The molecule has 0 radical (unpaired) electrons. The van der Waals surface area contributed by atoms with Crippen molar-refractivity contribution >= 4 is 18.3 Å². The van der Waals surface area contributed by atoms with E-state index in [4.69, 9.17) is 14.5 Å². The van der Waals surface area contributed by atoms with Gasteiger partial charge in [-0.05, 0) is 20.3 Å². The topological polar surface area (TPSA) is 117 Å². The summed E-state index contributed by atoms with van der Waals surface area (Å²) in [7, 11) is 2.80. The van der Waals surface area contributed by atoms with E-state index in [2.05, 4.69) is 5.32 Å². The average Bonchev–Trinajstić information content (AvgIpc) is 3.20. The maximum Gasteiger partial charge on any atom is 0.336 e. The van der Waals surface area contributed by atoms with Crippen molar-refractivity contribution in [1.82, 2.24) is 10.2 Å². The predicted octanol–water partition coefficient (Wildman–Crippen LogP) is 0.248. The molecule has 2 aliphatic rings. The number of hydrogen-bond donors (Lipinski definition) is 1. The molecule has 9 heteroatoms. The minimum absolute atomic E-state index is 0.0434. The molecule has 2 heterocycles. The molecule has 0 fully saturated rings. The number of carbonyl (C=O) groups excluding carboxylic acids is 3. The van der Waals surface area contributed by atoms with E-state index >= 15 is 0 Å². The fourth-order valence-electron chi connectivity index (χ4n) is 4.44. The van der Waals surface area contributed by atoms with E-state index in [1.54, 1.807) is 33.0 Å². The Morgan fingerprint density at radius 3 is 2.80 bits per heavy atom. The number of aliphatic carboxylic acids is 1. The first kappa shape index (κ1) is 21.6. The number of carbonyl (C=O) groups is 3. The first-order valence-electron chi connectivity index (χ1n) is 9.61. The number of nitrogens with zero attached hydrogens (tertiary/aromatic N) is 1. The van der Waals surface area contributed by atoms with E-state index in [0.717, 1.165) is 5.56 Å². The number of esters is 1. The smallest absolute Gasteiger partial charge is 0.336 e. The number of amides is 1. The largest absolute Gasteiger partial charge is 0.549 e. The van der Waals surface area contributed by atoms with Crippen LogP contribution in [0.25, 0.3) is 0 Å². The second-order valence-corrected chi connectivity index (χ2v) is 7.67. The van der Waals surface area contributed by atoms with E-state index in [1.165, 1.54) is 12.0 Å². The number of nitrogens with one attached hydrogen (secondary N) is 1. The predicted molar refractivity (Wildman–Crippen MR) is 103 cm³/mol. The van der Waals surface area contributed by atoms with Crippen molar-refractivity contribution < 1.29 is 34.0 Å². The van der Waals surface area contributed by atoms with Crippen LogP contribution in [-0.2, 0) is 30.6 Å². The molecule has 1 N–H and O–H groups in total. The normalized spacial score (nSPS) is 25.1. The third-order valence-electron chi connectivity index (χ3n) is 6.05. The van der Waals surface area contributed by atoms with Crippen LogP contribution in [0.2, 0.25) is 0 Å². The standard InChI is InChI=1S/C21H26N2O7/c1-12-16(19(25)28-4)17(15-7-5-6-14-10-29-30-18(14)15)21(20(26)27,13(2)22-12)8-9-23(3)11-24/h5-7,11,13,17,22H,8-10H2,1-4H3,(H,26,27)/p-1. The van der Waals surface area contributed by atoms with Crippen molar-refractivity contribution in [2.24, 2.45) is 5.41 Å². The third-order valence-corrected chi connectivity index (χ3v) is 6.05. The summed E-state index contributed by atoms with van der Waals surface area (Å²) in [6, 6.07) is 4.68. The lowest BCUT2D eigenvalue weighted by Gasteiger charge is -2.51. The number of fused-ring (bicyclic) bond motifs is 1. The lowest BCUT2D eigenvalue weighted by molar-refractivity contribution is -0.322. The molecule has 1 aromatic carbocycles. The molecule has 162 valence electrons. The van der Waals surface area contributed by atoms with Gasteiger partial charge in [-0.3, -0.25) is 4.79 Å². The average molecular weight is 417 g/mol. The molecule has 3 atom stereocenters. The first-order valence-corrected chi connectivity index (χ1v) is 9.61. The zero-order chi connectivity index (χ0) is 22.1. The fourth-order valence-corrected chi connectivity index (χ4v) is 4.44. The van der Waals surface area contributed by atoms with Gasteiger partial charge in [-0.15, -0.1) is 0 Å².